The first-order chi connectivity index (χ1) is 8.76. The number of benzene rings is 1. The molecule has 1 heterocycles. The topological polar surface area (TPSA) is 38.9 Å². The number of thiazole rings is 1. The van der Waals surface area contributed by atoms with Crippen LogP contribution in [0.2, 0.25) is 0 Å². The van der Waals surface area contributed by atoms with Crippen LogP contribution in [0.1, 0.15) is 47.5 Å². The minimum atomic E-state index is -0.0906. The van der Waals surface area contributed by atoms with E-state index in [1.165, 1.54) is 10.6 Å². The number of hydrogen-bond donors (Lipinski definition) is 1. The average molecular weight is 260 g/mol. The van der Waals surface area contributed by atoms with Gasteiger partial charge in [-0.05, 0) is 18.4 Å². The minimum Gasteiger partial charge on any atom is -0.318 e. The van der Waals surface area contributed by atoms with Gasteiger partial charge in [-0.2, -0.15) is 0 Å². The van der Waals surface area contributed by atoms with Gasteiger partial charge in [0.2, 0.25) is 0 Å². The molecule has 96 valence electrons. The van der Waals surface area contributed by atoms with Gasteiger partial charge in [-0.25, -0.2) is 4.98 Å². The summed E-state index contributed by atoms with van der Waals surface area (Å²) in [6, 6.07) is 10.1. The van der Waals surface area contributed by atoms with Crippen LogP contribution in [0.5, 0.6) is 0 Å². The van der Waals surface area contributed by atoms with Crippen molar-refractivity contribution in [2.75, 3.05) is 0 Å². The number of nitrogens with two attached hydrogens (primary N) is 1. The predicted molar refractivity (Wildman–Crippen MR) is 78.0 cm³/mol. The molecule has 1 unspecified atom stereocenters. The molecule has 2 rings (SSSR count). The van der Waals surface area contributed by atoms with Gasteiger partial charge in [-0.15, -0.1) is 11.3 Å². The summed E-state index contributed by atoms with van der Waals surface area (Å²) in [6.45, 7) is 4.38. The van der Waals surface area contributed by atoms with E-state index in [1.54, 1.807) is 11.3 Å². The third-order valence-electron chi connectivity index (χ3n) is 3.03. The van der Waals surface area contributed by atoms with E-state index in [1.807, 2.05) is 18.2 Å². The highest BCUT2D eigenvalue weighted by atomic mass is 32.1. The highest BCUT2D eigenvalue weighted by molar-refractivity contribution is 7.11. The Bertz CT molecular complexity index is 490. The van der Waals surface area contributed by atoms with Crippen LogP contribution in [-0.4, -0.2) is 4.98 Å². The summed E-state index contributed by atoms with van der Waals surface area (Å²) in [7, 11) is 0. The van der Waals surface area contributed by atoms with Gasteiger partial charge in [-0.1, -0.05) is 50.6 Å². The van der Waals surface area contributed by atoms with Gasteiger partial charge in [0.25, 0.3) is 0 Å². The fourth-order valence-electron chi connectivity index (χ4n) is 2.05. The number of nitrogens with zero attached hydrogens (tertiary/aromatic N) is 1. The molecule has 0 spiro atoms. The summed E-state index contributed by atoms with van der Waals surface area (Å²) >= 11 is 1.77. The van der Waals surface area contributed by atoms with Gasteiger partial charge in [0.15, 0.2) is 0 Å². The maximum Gasteiger partial charge on any atom is 0.114 e. The molecular weight excluding hydrogens is 240 g/mol. The van der Waals surface area contributed by atoms with Crippen LogP contribution in [0, 0.1) is 0 Å². The smallest absolute Gasteiger partial charge is 0.114 e. The maximum absolute atomic E-state index is 6.30. The van der Waals surface area contributed by atoms with E-state index < -0.39 is 0 Å². The molecule has 0 bridgehead atoms. The summed E-state index contributed by atoms with van der Waals surface area (Å²) in [5.41, 5.74) is 8.68. The maximum atomic E-state index is 6.30. The van der Waals surface area contributed by atoms with Gasteiger partial charge in [0.1, 0.15) is 5.01 Å². The molecule has 1 atom stereocenters. The third-order valence-corrected chi connectivity index (χ3v) is 4.35. The zero-order valence-electron chi connectivity index (χ0n) is 11.0. The molecule has 2 N–H and O–H groups in total. The van der Waals surface area contributed by atoms with Gasteiger partial charge >= 0.3 is 0 Å². The largest absolute Gasteiger partial charge is 0.318 e. The lowest BCUT2D eigenvalue weighted by molar-refractivity contribution is 0.821. The van der Waals surface area contributed by atoms with Crippen molar-refractivity contribution < 1.29 is 0 Å². The molecule has 2 aromatic rings. The number of aromatic nitrogens is 1. The van der Waals surface area contributed by atoms with Crippen molar-refractivity contribution in [1.82, 2.24) is 4.98 Å². The lowest BCUT2D eigenvalue weighted by atomic mass is 10.1. The highest BCUT2D eigenvalue weighted by Gasteiger charge is 2.16. The Labute approximate surface area is 113 Å². The molecule has 0 aliphatic rings. The van der Waals surface area contributed by atoms with Gasteiger partial charge in [0.05, 0.1) is 11.7 Å². The van der Waals surface area contributed by atoms with Crippen LogP contribution in [0.25, 0.3) is 0 Å². The van der Waals surface area contributed by atoms with E-state index in [0.717, 1.165) is 29.8 Å². The van der Waals surface area contributed by atoms with Gasteiger partial charge in [-0.3, -0.25) is 0 Å². The van der Waals surface area contributed by atoms with Gasteiger partial charge < -0.3 is 5.73 Å². The van der Waals surface area contributed by atoms with Crippen molar-refractivity contribution in [2.24, 2.45) is 5.73 Å². The van der Waals surface area contributed by atoms with Crippen LogP contribution in [-0.2, 0) is 12.8 Å². The number of aryl methyl sites for hydroxylation is 2. The Kier molecular flexibility index (Phi) is 4.50. The zero-order chi connectivity index (χ0) is 13.0. The molecule has 0 saturated carbocycles. The molecule has 3 heteroatoms. The predicted octanol–water partition coefficient (Wildman–Crippen LogP) is 3.71. The standard InChI is InChI=1S/C15H20N2S/c1-3-8-12-13(4-2)18-15(17-12)14(16)11-9-6-5-7-10-11/h5-7,9-10,14H,3-4,8,16H2,1-2H3. The Morgan fingerprint density at radius 1 is 1.22 bits per heavy atom. The van der Waals surface area contributed by atoms with Crippen LogP contribution in [0.3, 0.4) is 0 Å². The lowest BCUT2D eigenvalue weighted by Crippen LogP contribution is -2.11. The summed E-state index contributed by atoms with van der Waals surface area (Å²) < 4.78 is 0. The molecule has 0 radical (unpaired) electrons. The summed E-state index contributed by atoms with van der Waals surface area (Å²) in [6.07, 6.45) is 3.24. The van der Waals surface area contributed by atoms with E-state index in [2.05, 4.69) is 26.0 Å². The van der Waals surface area contributed by atoms with E-state index in [4.69, 9.17) is 10.7 Å². The molecule has 0 saturated heterocycles. The first-order valence-electron chi connectivity index (χ1n) is 6.55. The first-order valence-corrected chi connectivity index (χ1v) is 7.36. The molecule has 0 aliphatic heterocycles. The summed E-state index contributed by atoms with van der Waals surface area (Å²) in [4.78, 5) is 6.13. The fraction of sp³-hybridized carbons (Fsp3) is 0.400. The third kappa shape index (κ3) is 2.79. The molecule has 0 aliphatic carbocycles. The van der Waals surface area contributed by atoms with E-state index >= 15 is 0 Å². The van der Waals surface area contributed by atoms with E-state index in [-0.39, 0.29) is 6.04 Å². The Balaban J connectivity index is 2.28. The van der Waals surface area contributed by atoms with Crippen LogP contribution in [0.4, 0.5) is 0 Å². The number of hydrogen-bond acceptors (Lipinski definition) is 3. The lowest BCUT2D eigenvalue weighted by Gasteiger charge is -2.07. The van der Waals surface area contributed by atoms with Crippen molar-refractivity contribution >= 4 is 11.3 Å². The second-order valence-electron chi connectivity index (χ2n) is 4.41. The highest BCUT2D eigenvalue weighted by Crippen LogP contribution is 2.27. The fourth-order valence-corrected chi connectivity index (χ4v) is 3.13. The molecule has 2 nitrogen and oxygen atoms in total. The average Bonchev–Trinajstić information content (AvgIpc) is 2.82. The summed E-state index contributed by atoms with van der Waals surface area (Å²) in [5, 5.41) is 1.04. The normalized spacial score (nSPS) is 12.6. The monoisotopic (exact) mass is 260 g/mol. The molecule has 1 aromatic heterocycles. The van der Waals surface area contributed by atoms with Crippen molar-refractivity contribution in [3.8, 4) is 0 Å². The summed E-state index contributed by atoms with van der Waals surface area (Å²) in [5.74, 6) is 0. The van der Waals surface area contributed by atoms with Crippen molar-refractivity contribution in [2.45, 2.75) is 39.2 Å². The van der Waals surface area contributed by atoms with Crippen LogP contribution >= 0.6 is 11.3 Å². The zero-order valence-corrected chi connectivity index (χ0v) is 11.8. The van der Waals surface area contributed by atoms with Crippen LogP contribution in [0.15, 0.2) is 30.3 Å². The van der Waals surface area contributed by atoms with Crippen molar-refractivity contribution in [1.29, 1.82) is 0 Å². The molecule has 0 fully saturated rings. The second kappa shape index (κ2) is 6.12. The first kappa shape index (κ1) is 13.2. The van der Waals surface area contributed by atoms with E-state index in [0.29, 0.717) is 0 Å². The molecule has 18 heavy (non-hydrogen) atoms. The molecule has 1 aromatic carbocycles. The Hall–Kier alpha value is -1.19. The van der Waals surface area contributed by atoms with Crippen LogP contribution < -0.4 is 5.73 Å². The van der Waals surface area contributed by atoms with Gasteiger partial charge in [0, 0.05) is 4.88 Å². The second-order valence-corrected chi connectivity index (χ2v) is 5.53. The Morgan fingerprint density at radius 2 is 1.94 bits per heavy atom. The molecular formula is C15H20N2S. The minimum absolute atomic E-state index is 0.0906. The SMILES string of the molecule is CCCc1nc(C(N)c2ccccc2)sc1CC. The number of rotatable bonds is 5. The van der Waals surface area contributed by atoms with Crippen molar-refractivity contribution in [3.05, 3.63) is 51.5 Å². The van der Waals surface area contributed by atoms with Crippen molar-refractivity contribution in [3.63, 3.8) is 0 Å². The van der Waals surface area contributed by atoms with E-state index in [9.17, 15) is 0 Å². The molecule has 0 amide bonds. The quantitative estimate of drug-likeness (QED) is 0.890. The Morgan fingerprint density at radius 3 is 2.56 bits per heavy atom.